The van der Waals surface area contributed by atoms with Gasteiger partial charge in [-0.25, -0.2) is 0 Å². The maximum absolute atomic E-state index is 3.98. The molecule has 0 heterocycles. The smallest absolute Gasteiger partial charge is 0.00304 e. The monoisotopic (exact) mass is 244 g/mol. The van der Waals surface area contributed by atoms with E-state index in [4.69, 9.17) is 0 Å². The zero-order valence-corrected chi connectivity index (χ0v) is 11.1. The fourth-order valence-corrected chi connectivity index (χ4v) is 2.68. The molecule has 0 aromatic heterocycles. The lowest BCUT2D eigenvalue weighted by atomic mass is 9.90. The molecular formula is C19H16. The van der Waals surface area contributed by atoms with Crippen LogP contribution in [0.2, 0.25) is 0 Å². The summed E-state index contributed by atoms with van der Waals surface area (Å²) in [4.78, 5) is 0. The Morgan fingerprint density at radius 2 is 1.58 bits per heavy atom. The van der Waals surface area contributed by atoms with Gasteiger partial charge in [0.1, 0.15) is 0 Å². The lowest BCUT2D eigenvalue weighted by molar-refractivity contribution is 1.47. The molecule has 0 atom stereocenters. The first kappa shape index (κ1) is 11.7. The second-order valence-corrected chi connectivity index (χ2v) is 4.77. The van der Waals surface area contributed by atoms with Crippen molar-refractivity contribution in [2.45, 2.75) is 6.92 Å². The molecule has 0 bridgehead atoms. The summed E-state index contributed by atoms with van der Waals surface area (Å²) in [6.07, 6.45) is 1.96. The highest BCUT2D eigenvalue weighted by molar-refractivity contribution is 6.01. The molecule has 0 spiro atoms. The summed E-state index contributed by atoms with van der Waals surface area (Å²) >= 11 is 0. The third-order valence-electron chi connectivity index (χ3n) is 3.56. The zero-order chi connectivity index (χ0) is 13.2. The topological polar surface area (TPSA) is 0 Å². The molecule has 0 amide bonds. The van der Waals surface area contributed by atoms with E-state index in [2.05, 4.69) is 74.2 Å². The molecule has 3 rings (SSSR count). The predicted octanol–water partition coefficient (Wildman–Crippen LogP) is 5.46. The van der Waals surface area contributed by atoms with E-state index < -0.39 is 0 Å². The maximum atomic E-state index is 3.98. The van der Waals surface area contributed by atoms with Crippen LogP contribution in [0.1, 0.15) is 11.1 Å². The Morgan fingerprint density at radius 1 is 0.895 bits per heavy atom. The molecule has 0 fully saturated rings. The second-order valence-electron chi connectivity index (χ2n) is 4.77. The van der Waals surface area contributed by atoms with E-state index >= 15 is 0 Å². The minimum atomic E-state index is 1.23. The largest absolute Gasteiger partial charge is 0.0984 e. The summed E-state index contributed by atoms with van der Waals surface area (Å²) < 4.78 is 0. The number of rotatable bonds is 2. The van der Waals surface area contributed by atoms with Crippen LogP contribution in [0.4, 0.5) is 0 Å². The summed E-state index contributed by atoms with van der Waals surface area (Å²) in [5, 5.41) is 2.57. The molecule has 0 N–H and O–H groups in total. The minimum Gasteiger partial charge on any atom is -0.0984 e. The quantitative estimate of drug-likeness (QED) is 0.561. The normalized spacial score (nSPS) is 10.6. The summed E-state index contributed by atoms with van der Waals surface area (Å²) in [6, 6.07) is 21.3. The molecule has 92 valence electrons. The molecular weight excluding hydrogens is 228 g/mol. The third kappa shape index (κ3) is 1.96. The van der Waals surface area contributed by atoms with Gasteiger partial charge in [0.2, 0.25) is 0 Å². The van der Waals surface area contributed by atoms with Crippen LogP contribution < -0.4 is 0 Å². The van der Waals surface area contributed by atoms with E-state index in [1.165, 1.54) is 33.0 Å². The Kier molecular flexibility index (Phi) is 2.92. The van der Waals surface area contributed by atoms with Crippen molar-refractivity contribution in [3.63, 3.8) is 0 Å². The van der Waals surface area contributed by atoms with Crippen LogP contribution in [0.15, 0.2) is 67.2 Å². The molecule has 0 aliphatic heterocycles. The van der Waals surface area contributed by atoms with Gasteiger partial charge in [0, 0.05) is 0 Å². The van der Waals surface area contributed by atoms with Gasteiger partial charge in [-0.05, 0) is 39.9 Å². The molecule has 0 unspecified atom stereocenters. The number of hydrogen-bond donors (Lipinski definition) is 0. The van der Waals surface area contributed by atoms with Crippen LogP contribution >= 0.6 is 0 Å². The Bertz CT molecular complexity index is 737. The van der Waals surface area contributed by atoms with Crippen molar-refractivity contribution in [1.29, 1.82) is 0 Å². The molecule has 0 nitrogen and oxygen atoms in total. The standard InChI is InChI=1S/C19H16/c1-3-17-14(2)13-16-11-7-8-12-18(16)19(17)15-9-5-4-6-10-15/h3-13H,1H2,2H3. The number of hydrogen-bond acceptors (Lipinski definition) is 0. The molecule has 3 aromatic carbocycles. The van der Waals surface area contributed by atoms with Crippen LogP contribution in [-0.4, -0.2) is 0 Å². The highest BCUT2D eigenvalue weighted by Gasteiger charge is 2.10. The molecule has 0 heteroatoms. The van der Waals surface area contributed by atoms with Gasteiger partial charge < -0.3 is 0 Å². The van der Waals surface area contributed by atoms with Gasteiger partial charge in [0.25, 0.3) is 0 Å². The fraction of sp³-hybridized carbons (Fsp3) is 0.0526. The Morgan fingerprint density at radius 3 is 2.32 bits per heavy atom. The van der Waals surface area contributed by atoms with Crippen molar-refractivity contribution in [1.82, 2.24) is 0 Å². The van der Waals surface area contributed by atoms with Gasteiger partial charge in [0.05, 0.1) is 0 Å². The first-order chi connectivity index (χ1) is 9.31. The lowest BCUT2D eigenvalue weighted by Crippen LogP contribution is -1.90. The van der Waals surface area contributed by atoms with E-state index in [0.29, 0.717) is 0 Å². The molecule has 0 saturated heterocycles. The van der Waals surface area contributed by atoms with Gasteiger partial charge in [-0.3, -0.25) is 0 Å². The second kappa shape index (κ2) is 4.74. The summed E-state index contributed by atoms with van der Waals surface area (Å²) in [7, 11) is 0. The first-order valence-corrected chi connectivity index (χ1v) is 6.51. The van der Waals surface area contributed by atoms with E-state index in [9.17, 15) is 0 Å². The van der Waals surface area contributed by atoms with Crippen molar-refractivity contribution in [3.8, 4) is 11.1 Å². The highest BCUT2D eigenvalue weighted by atomic mass is 14.1. The van der Waals surface area contributed by atoms with E-state index in [1.54, 1.807) is 0 Å². The SMILES string of the molecule is C=Cc1c(C)cc2ccccc2c1-c1ccccc1. The Labute approximate surface area is 114 Å². The molecule has 0 radical (unpaired) electrons. The molecule has 3 aromatic rings. The van der Waals surface area contributed by atoms with Crippen LogP contribution in [0.3, 0.4) is 0 Å². The minimum absolute atomic E-state index is 1.23. The Balaban J connectivity index is 2.47. The van der Waals surface area contributed by atoms with Crippen LogP contribution in [-0.2, 0) is 0 Å². The highest BCUT2D eigenvalue weighted by Crippen LogP contribution is 2.34. The van der Waals surface area contributed by atoms with Crippen molar-refractivity contribution in [2.75, 3.05) is 0 Å². The molecule has 0 aliphatic carbocycles. The average molecular weight is 244 g/mol. The molecule has 0 aliphatic rings. The van der Waals surface area contributed by atoms with Crippen LogP contribution in [0.5, 0.6) is 0 Å². The van der Waals surface area contributed by atoms with Gasteiger partial charge >= 0.3 is 0 Å². The number of aryl methyl sites for hydroxylation is 1. The van der Waals surface area contributed by atoms with Crippen molar-refractivity contribution in [3.05, 3.63) is 78.4 Å². The number of benzene rings is 3. The van der Waals surface area contributed by atoms with E-state index in [1.807, 2.05) is 6.08 Å². The Hall–Kier alpha value is -2.34. The van der Waals surface area contributed by atoms with E-state index in [0.717, 1.165) is 0 Å². The number of fused-ring (bicyclic) bond motifs is 1. The average Bonchev–Trinajstić information content (AvgIpc) is 2.46. The fourth-order valence-electron chi connectivity index (χ4n) is 2.68. The van der Waals surface area contributed by atoms with Gasteiger partial charge in [-0.1, -0.05) is 73.3 Å². The van der Waals surface area contributed by atoms with Gasteiger partial charge in [0.15, 0.2) is 0 Å². The summed E-state index contributed by atoms with van der Waals surface area (Å²) in [5.41, 5.74) is 5.03. The van der Waals surface area contributed by atoms with Gasteiger partial charge in [-0.15, -0.1) is 0 Å². The van der Waals surface area contributed by atoms with E-state index in [-0.39, 0.29) is 0 Å². The first-order valence-electron chi connectivity index (χ1n) is 6.51. The predicted molar refractivity (Wildman–Crippen MR) is 84.2 cm³/mol. The van der Waals surface area contributed by atoms with Crippen molar-refractivity contribution >= 4 is 16.8 Å². The van der Waals surface area contributed by atoms with Crippen molar-refractivity contribution in [2.24, 2.45) is 0 Å². The van der Waals surface area contributed by atoms with Crippen LogP contribution in [0, 0.1) is 6.92 Å². The molecule has 0 saturated carbocycles. The third-order valence-corrected chi connectivity index (χ3v) is 3.56. The van der Waals surface area contributed by atoms with Crippen LogP contribution in [0.25, 0.3) is 28.0 Å². The maximum Gasteiger partial charge on any atom is -0.00304 e. The van der Waals surface area contributed by atoms with Gasteiger partial charge in [-0.2, -0.15) is 0 Å². The molecule has 19 heavy (non-hydrogen) atoms. The lowest BCUT2D eigenvalue weighted by Gasteiger charge is -2.14. The summed E-state index contributed by atoms with van der Waals surface area (Å²) in [5.74, 6) is 0. The van der Waals surface area contributed by atoms with Crippen molar-refractivity contribution < 1.29 is 0 Å². The summed E-state index contributed by atoms with van der Waals surface area (Å²) in [6.45, 7) is 6.13. The zero-order valence-electron chi connectivity index (χ0n) is 11.1.